The number of halogens is 1. The van der Waals surface area contributed by atoms with Crippen molar-refractivity contribution in [3.05, 3.63) is 42.6 Å². The van der Waals surface area contributed by atoms with E-state index < -0.39 is 12.8 Å². The van der Waals surface area contributed by atoms with E-state index in [0.29, 0.717) is 5.75 Å². The first-order valence-corrected chi connectivity index (χ1v) is 8.06. The van der Waals surface area contributed by atoms with Crippen molar-refractivity contribution in [2.24, 2.45) is 0 Å². The van der Waals surface area contributed by atoms with Gasteiger partial charge in [-0.25, -0.2) is 9.37 Å². The molecule has 1 unspecified atom stereocenters. The number of thiophene rings is 1. The summed E-state index contributed by atoms with van der Waals surface area (Å²) in [5.74, 6) is 1.46. The van der Waals surface area contributed by atoms with E-state index in [2.05, 4.69) is 16.4 Å². The van der Waals surface area contributed by atoms with Crippen LogP contribution in [0.4, 0.5) is 10.2 Å². The number of aliphatic hydroxyl groups is 1. The largest absolute Gasteiger partial charge is 0.491 e. The van der Waals surface area contributed by atoms with Gasteiger partial charge in [0.1, 0.15) is 31.0 Å². The van der Waals surface area contributed by atoms with E-state index in [9.17, 15) is 9.50 Å². The van der Waals surface area contributed by atoms with Crippen LogP contribution >= 0.6 is 11.3 Å². The number of anilines is 1. The van der Waals surface area contributed by atoms with Crippen LogP contribution in [0.25, 0.3) is 20.5 Å². The van der Waals surface area contributed by atoms with Crippen molar-refractivity contribution in [3.63, 3.8) is 0 Å². The van der Waals surface area contributed by atoms with Crippen LogP contribution in [0, 0.1) is 0 Å². The highest BCUT2D eigenvalue weighted by atomic mass is 32.1. The smallest absolute Gasteiger partial charge is 0.125 e. The fourth-order valence-corrected chi connectivity index (χ4v) is 3.25. The van der Waals surface area contributed by atoms with E-state index in [1.807, 2.05) is 43.6 Å². The lowest BCUT2D eigenvalue weighted by molar-refractivity contribution is 0.0842. The molecular weight excluding hydrogens is 315 g/mol. The van der Waals surface area contributed by atoms with Crippen LogP contribution < -0.4 is 10.1 Å². The van der Waals surface area contributed by atoms with E-state index in [4.69, 9.17) is 4.74 Å². The topological polar surface area (TPSA) is 54.4 Å². The molecule has 6 heteroatoms. The zero-order valence-corrected chi connectivity index (χ0v) is 13.4. The molecule has 3 aromatic rings. The minimum Gasteiger partial charge on any atom is -0.491 e. The number of hydrogen-bond donors (Lipinski definition) is 2. The average Bonchev–Trinajstić information content (AvgIpc) is 3.03. The first-order chi connectivity index (χ1) is 11.2. The lowest BCUT2D eigenvalue weighted by atomic mass is 10.2. The molecule has 120 valence electrons. The van der Waals surface area contributed by atoms with Gasteiger partial charge in [0.15, 0.2) is 0 Å². The second-order valence-electron chi connectivity index (χ2n) is 5.11. The van der Waals surface area contributed by atoms with Gasteiger partial charge in [0.2, 0.25) is 0 Å². The molecule has 0 radical (unpaired) electrons. The van der Waals surface area contributed by atoms with Gasteiger partial charge in [0.25, 0.3) is 0 Å². The van der Waals surface area contributed by atoms with Crippen LogP contribution in [0.15, 0.2) is 42.6 Å². The van der Waals surface area contributed by atoms with Crippen molar-refractivity contribution in [3.8, 4) is 16.2 Å². The molecule has 2 heterocycles. The number of aliphatic hydroxyl groups excluding tert-OH is 1. The third-order valence-electron chi connectivity index (χ3n) is 3.42. The summed E-state index contributed by atoms with van der Waals surface area (Å²) in [7, 11) is 1.84. The Labute approximate surface area is 137 Å². The summed E-state index contributed by atoms with van der Waals surface area (Å²) >= 11 is 1.64. The third-order valence-corrected chi connectivity index (χ3v) is 4.56. The molecule has 0 aliphatic rings. The van der Waals surface area contributed by atoms with Crippen molar-refractivity contribution in [1.82, 2.24) is 4.98 Å². The highest BCUT2D eigenvalue weighted by Crippen LogP contribution is 2.35. The summed E-state index contributed by atoms with van der Waals surface area (Å²) in [6.07, 6.45) is 0.757. The molecule has 3 rings (SSSR count). The SMILES string of the molecule is CNc1ccc(-c2cc3ccc(OCC(O)C[19F])cc3s2)cn1. The number of ether oxygens (including phenoxy) is 1. The highest BCUT2D eigenvalue weighted by Gasteiger charge is 2.08. The molecule has 0 aliphatic heterocycles. The number of aromatic nitrogens is 1. The summed E-state index contributed by atoms with van der Waals surface area (Å²) in [4.78, 5) is 5.45. The minimum absolute atomic E-state index is 0.0460. The van der Waals surface area contributed by atoms with Gasteiger partial charge in [-0.2, -0.15) is 0 Å². The number of alkyl halides is 1. The standard InChI is InChI=1S/C17H17FN2O2S/c1-19-17-5-3-12(9-20-17)15-6-11-2-4-14(7-16(11)23-15)22-10-13(21)8-18/h2-7,9,13,21H,8,10H2,1H3,(H,19,20)/i18+0. The maximum absolute atomic E-state index is 12.2. The molecule has 2 N–H and O–H groups in total. The van der Waals surface area contributed by atoms with E-state index in [1.54, 1.807) is 11.3 Å². The second kappa shape index (κ2) is 6.93. The summed E-state index contributed by atoms with van der Waals surface area (Å²) in [6, 6.07) is 11.8. The number of hydrogen-bond acceptors (Lipinski definition) is 5. The molecule has 2 aromatic heterocycles. The highest BCUT2D eigenvalue weighted by molar-refractivity contribution is 7.22. The average molecular weight is 332 g/mol. The number of fused-ring (bicyclic) bond motifs is 1. The predicted octanol–water partition coefficient (Wildman–Crippen LogP) is 3.71. The van der Waals surface area contributed by atoms with Crippen LogP contribution in [0.3, 0.4) is 0 Å². The first-order valence-electron chi connectivity index (χ1n) is 7.24. The Kier molecular flexibility index (Phi) is 4.73. The predicted molar refractivity (Wildman–Crippen MR) is 92.1 cm³/mol. The Morgan fingerprint density at radius 2 is 2.17 bits per heavy atom. The summed E-state index contributed by atoms with van der Waals surface area (Å²) in [6.45, 7) is -0.851. The molecule has 1 aromatic carbocycles. The summed E-state index contributed by atoms with van der Waals surface area (Å²) in [5, 5.41) is 13.3. The maximum Gasteiger partial charge on any atom is 0.125 e. The molecule has 0 aliphatic carbocycles. The zero-order chi connectivity index (χ0) is 16.2. The van der Waals surface area contributed by atoms with Gasteiger partial charge >= 0.3 is 0 Å². The third kappa shape index (κ3) is 3.60. The van der Waals surface area contributed by atoms with Gasteiger partial charge in [0.05, 0.1) is 0 Å². The monoisotopic (exact) mass is 332 g/mol. The number of nitrogens with zero attached hydrogens (tertiary/aromatic N) is 1. The van der Waals surface area contributed by atoms with E-state index in [-0.39, 0.29) is 6.61 Å². The van der Waals surface area contributed by atoms with Gasteiger partial charge in [-0.05, 0) is 41.8 Å². The Hall–Kier alpha value is -2.18. The molecule has 0 saturated heterocycles. The fourth-order valence-electron chi connectivity index (χ4n) is 2.17. The van der Waals surface area contributed by atoms with Crippen LogP contribution in [0.2, 0.25) is 0 Å². The molecule has 4 nitrogen and oxygen atoms in total. The van der Waals surface area contributed by atoms with Gasteiger partial charge in [-0.1, -0.05) is 0 Å². The Morgan fingerprint density at radius 1 is 1.30 bits per heavy atom. The molecule has 1 atom stereocenters. The Balaban J connectivity index is 1.83. The van der Waals surface area contributed by atoms with Gasteiger partial charge in [0, 0.05) is 28.4 Å². The molecule has 23 heavy (non-hydrogen) atoms. The van der Waals surface area contributed by atoms with Gasteiger partial charge in [-0.3, -0.25) is 0 Å². The molecule has 0 bridgehead atoms. The van der Waals surface area contributed by atoms with Crippen LogP contribution in [-0.2, 0) is 0 Å². The van der Waals surface area contributed by atoms with Crippen LogP contribution in [-0.4, -0.2) is 36.5 Å². The zero-order valence-electron chi connectivity index (χ0n) is 12.6. The van der Waals surface area contributed by atoms with Crippen molar-refractivity contribution in [2.45, 2.75) is 6.10 Å². The van der Waals surface area contributed by atoms with Crippen molar-refractivity contribution < 1.29 is 14.2 Å². The van der Waals surface area contributed by atoms with E-state index in [0.717, 1.165) is 26.3 Å². The van der Waals surface area contributed by atoms with Gasteiger partial charge in [-0.15, -0.1) is 11.3 Å². The Morgan fingerprint density at radius 3 is 2.87 bits per heavy atom. The minimum atomic E-state index is -1.08. The lowest BCUT2D eigenvalue weighted by Crippen LogP contribution is -2.19. The lowest BCUT2D eigenvalue weighted by Gasteiger charge is -2.08. The number of nitrogens with one attached hydrogen (secondary N) is 1. The van der Waals surface area contributed by atoms with Crippen molar-refractivity contribution in [1.29, 1.82) is 0 Å². The van der Waals surface area contributed by atoms with Crippen molar-refractivity contribution >= 4 is 27.2 Å². The van der Waals surface area contributed by atoms with E-state index in [1.165, 1.54) is 0 Å². The molecular formula is C17H17FN2O2S. The van der Waals surface area contributed by atoms with Gasteiger partial charge < -0.3 is 15.2 Å². The molecule has 0 saturated carbocycles. The van der Waals surface area contributed by atoms with Crippen molar-refractivity contribution in [2.75, 3.05) is 25.6 Å². The Bertz CT molecular complexity index is 789. The second-order valence-corrected chi connectivity index (χ2v) is 6.20. The van der Waals surface area contributed by atoms with Crippen LogP contribution in [0.5, 0.6) is 5.75 Å². The normalized spacial score (nSPS) is 12.3. The molecule has 0 spiro atoms. The summed E-state index contributed by atoms with van der Waals surface area (Å²) in [5.41, 5.74) is 1.06. The maximum atomic E-state index is 12.2. The quantitative estimate of drug-likeness (QED) is 0.722. The summed E-state index contributed by atoms with van der Waals surface area (Å²) < 4.78 is 18.7. The number of pyridine rings is 1. The first kappa shape index (κ1) is 15.7. The number of benzene rings is 1. The van der Waals surface area contributed by atoms with Crippen LogP contribution in [0.1, 0.15) is 0 Å². The fraction of sp³-hybridized carbons (Fsp3) is 0.235. The molecule has 0 fully saturated rings. The number of rotatable bonds is 6. The van der Waals surface area contributed by atoms with E-state index >= 15 is 0 Å². The molecule has 0 amide bonds.